The van der Waals surface area contributed by atoms with Crippen LogP contribution in [0.2, 0.25) is 0 Å². The Morgan fingerprint density at radius 2 is 2.00 bits per heavy atom. The lowest BCUT2D eigenvalue weighted by atomic mass is 10.9. The van der Waals surface area contributed by atoms with E-state index in [-0.39, 0.29) is 0 Å². The first-order chi connectivity index (χ1) is 6.20. The summed E-state index contributed by atoms with van der Waals surface area (Å²) in [6.07, 6.45) is 0. The van der Waals surface area contributed by atoms with Crippen LogP contribution in [0.4, 0.5) is 5.00 Å². The molecule has 0 spiro atoms. The van der Waals surface area contributed by atoms with Crippen molar-refractivity contribution in [2.24, 2.45) is 0 Å². The molecule has 0 aliphatic rings. The van der Waals surface area contributed by atoms with Crippen molar-refractivity contribution in [2.45, 2.75) is 10.1 Å². The number of nitrogen functional groups attached to an aromatic ring is 1. The topological polar surface area (TPSA) is 77.6 Å². The van der Waals surface area contributed by atoms with Gasteiger partial charge in [0.2, 0.25) is 0 Å². The van der Waals surface area contributed by atoms with Crippen LogP contribution in [0.15, 0.2) is 15.4 Å². The third-order valence-corrected chi connectivity index (χ3v) is 2.78. The average molecular weight is 251 g/mol. The van der Waals surface area contributed by atoms with E-state index in [4.69, 9.17) is 5.73 Å². The first-order valence-corrected chi connectivity index (χ1v) is 5.43. The molecule has 0 fully saturated rings. The van der Waals surface area contributed by atoms with Gasteiger partial charge >= 0.3 is 0 Å². The minimum absolute atomic E-state index is 0.519. The third kappa shape index (κ3) is 3.89. The Balaban J connectivity index is 0.000000132. The van der Waals surface area contributed by atoms with Gasteiger partial charge in [-0.05, 0) is 11.5 Å². The van der Waals surface area contributed by atoms with Crippen LogP contribution in [0.3, 0.4) is 0 Å². The summed E-state index contributed by atoms with van der Waals surface area (Å²) in [5, 5.41) is 10.6. The maximum atomic E-state index is 5.26. The molecule has 0 radical (unpaired) electrons. The van der Waals surface area contributed by atoms with Crippen molar-refractivity contribution in [3.63, 3.8) is 0 Å². The summed E-state index contributed by atoms with van der Waals surface area (Å²) >= 11 is 10.2. The largest absolute Gasteiger partial charge is 0.387 e. The molecule has 0 amide bonds. The number of aromatic nitrogens is 4. The summed E-state index contributed by atoms with van der Waals surface area (Å²) in [4.78, 5) is 0. The maximum Gasteiger partial charge on any atom is 0.152 e. The smallest absolute Gasteiger partial charge is 0.152 e. The maximum absolute atomic E-state index is 5.26. The Labute approximate surface area is 93.5 Å². The Morgan fingerprint density at radius 1 is 1.23 bits per heavy atom. The molecular formula is C4H5N5S4. The fourth-order valence-corrected chi connectivity index (χ4v) is 1.48. The van der Waals surface area contributed by atoms with Crippen LogP contribution in [0.25, 0.3) is 0 Å². The zero-order chi connectivity index (χ0) is 9.68. The van der Waals surface area contributed by atoms with Crippen molar-refractivity contribution in [2.75, 3.05) is 5.73 Å². The van der Waals surface area contributed by atoms with E-state index in [0.717, 1.165) is 11.5 Å². The zero-order valence-electron chi connectivity index (χ0n) is 6.15. The van der Waals surface area contributed by atoms with Crippen LogP contribution in [0.1, 0.15) is 0 Å². The molecule has 70 valence electrons. The Hall–Kier alpha value is -0.380. The van der Waals surface area contributed by atoms with Gasteiger partial charge in [0.05, 0.1) is 0 Å². The van der Waals surface area contributed by atoms with Crippen molar-refractivity contribution in [1.82, 2.24) is 19.2 Å². The first-order valence-electron chi connectivity index (χ1n) is 2.93. The normalized spacial score (nSPS) is 9.08. The van der Waals surface area contributed by atoms with Gasteiger partial charge in [0.1, 0.15) is 10.0 Å². The Morgan fingerprint density at radius 3 is 2.15 bits per heavy atom. The average Bonchev–Trinajstić information content (AvgIpc) is 2.67. The van der Waals surface area contributed by atoms with Gasteiger partial charge in [-0.25, -0.2) is 0 Å². The van der Waals surface area contributed by atoms with E-state index in [1.54, 1.807) is 5.38 Å². The van der Waals surface area contributed by atoms with Crippen molar-refractivity contribution in [3.05, 3.63) is 5.38 Å². The monoisotopic (exact) mass is 251 g/mol. The summed E-state index contributed by atoms with van der Waals surface area (Å²) in [6.45, 7) is 0. The van der Waals surface area contributed by atoms with E-state index in [1.807, 2.05) is 0 Å². The number of nitrogens with two attached hydrogens (primary N) is 1. The van der Waals surface area contributed by atoms with E-state index < -0.39 is 0 Å². The fourth-order valence-electron chi connectivity index (χ4n) is 0.353. The molecule has 0 aliphatic heterocycles. The standard InChI is InChI=1S/C2H3N3S2.C2H2N2S2/c3-1-2(6)4-5-7-1;5-2-1-6-4-3-2/h6H,3H2;1,5H. The highest BCUT2D eigenvalue weighted by molar-refractivity contribution is 7.80. The molecule has 2 heterocycles. The van der Waals surface area contributed by atoms with E-state index in [2.05, 4.69) is 44.4 Å². The highest BCUT2D eigenvalue weighted by Crippen LogP contribution is 2.14. The van der Waals surface area contributed by atoms with Gasteiger partial charge in [0.15, 0.2) is 5.03 Å². The van der Waals surface area contributed by atoms with Crippen LogP contribution >= 0.6 is 48.3 Å². The van der Waals surface area contributed by atoms with Gasteiger partial charge in [-0.15, -0.1) is 35.5 Å². The molecule has 9 heteroatoms. The summed E-state index contributed by atoms with van der Waals surface area (Å²) in [5.74, 6) is 0. The molecule has 2 N–H and O–H groups in total. The number of anilines is 1. The molecule has 2 aromatic heterocycles. The van der Waals surface area contributed by atoms with E-state index in [1.165, 1.54) is 11.5 Å². The Kier molecular flexibility index (Phi) is 4.42. The molecule has 0 unspecified atom stereocenters. The number of rotatable bonds is 0. The van der Waals surface area contributed by atoms with Crippen LogP contribution in [0.5, 0.6) is 0 Å². The zero-order valence-corrected chi connectivity index (χ0v) is 9.58. The van der Waals surface area contributed by atoms with Crippen molar-refractivity contribution in [1.29, 1.82) is 0 Å². The molecule has 2 aromatic rings. The number of nitrogens with zero attached hydrogens (tertiary/aromatic N) is 4. The molecule has 0 saturated heterocycles. The minimum Gasteiger partial charge on any atom is -0.387 e. The van der Waals surface area contributed by atoms with Gasteiger partial charge in [-0.3, -0.25) is 0 Å². The SMILES string of the molecule is Nc1snnc1S.Sc1csnn1. The van der Waals surface area contributed by atoms with Crippen LogP contribution in [-0.4, -0.2) is 19.2 Å². The summed E-state index contributed by atoms with van der Waals surface area (Å²) in [5.41, 5.74) is 5.26. The quantitative estimate of drug-likeness (QED) is 0.614. The van der Waals surface area contributed by atoms with Gasteiger partial charge in [-0.2, -0.15) is 0 Å². The lowest BCUT2D eigenvalue weighted by Gasteiger charge is -1.74. The van der Waals surface area contributed by atoms with Crippen molar-refractivity contribution >= 4 is 53.3 Å². The molecule has 0 aliphatic carbocycles. The van der Waals surface area contributed by atoms with Gasteiger partial charge < -0.3 is 5.73 Å². The van der Waals surface area contributed by atoms with E-state index in [9.17, 15) is 0 Å². The predicted molar refractivity (Wildman–Crippen MR) is 58.7 cm³/mol. The number of hydrogen-bond donors (Lipinski definition) is 3. The van der Waals surface area contributed by atoms with Crippen LogP contribution < -0.4 is 5.73 Å². The van der Waals surface area contributed by atoms with E-state index >= 15 is 0 Å². The van der Waals surface area contributed by atoms with Gasteiger partial charge in [0, 0.05) is 16.9 Å². The molecule has 0 aromatic carbocycles. The third-order valence-electron chi connectivity index (χ3n) is 0.844. The van der Waals surface area contributed by atoms with Gasteiger partial charge in [0.25, 0.3) is 0 Å². The molecule has 2 rings (SSSR count). The minimum atomic E-state index is 0.519. The second kappa shape index (κ2) is 5.37. The van der Waals surface area contributed by atoms with Gasteiger partial charge in [-0.1, -0.05) is 8.98 Å². The molecule has 0 bridgehead atoms. The molecule has 13 heavy (non-hydrogen) atoms. The molecule has 0 saturated carbocycles. The highest BCUT2D eigenvalue weighted by Gasteiger charge is 1.93. The van der Waals surface area contributed by atoms with Crippen LogP contribution in [-0.2, 0) is 0 Å². The first kappa shape index (κ1) is 10.7. The molecule has 0 atom stereocenters. The number of hydrogen-bond acceptors (Lipinski definition) is 9. The molecule has 5 nitrogen and oxygen atoms in total. The summed E-state index contributed by atoms with van der Waals surface area (Å²) < 4.78 is 7.05. The Bertz CT molecular complexity index is 327. The van der Waals surface area contributed by atoms with Crippen molar-refractivity contribution < 1.29 is 0 Å². The van der Waals surface area contributed by atoms with Crippen LogP contribution in [0, 0.1) is 0 Å². The summed E-state index contributed by atoms with van der Waals surface area (Å²) in [7, 11) is 0. The number of thiol groups is 2. The second-order valence-corrected chi connectivity index (χ2v) is 4.00. The van der Waals surface area contributed by atoms with E-state index in [0.29, 0.717) is 15.1 Å². The molecular weight excluding hydrogens is 246 g/mol. The predicted octanol–water partition coefficient (Wildman–Crippen LogP) is 1.24. The lowest BCUT2D eigenvalue weighted by molar-refractivity contribution is 1.04. The van der Waals surface area contributed by atoms with Crippen molar-refractivity contribution in [3.8, 4) is 0 Å². The lowest BCUT2D eigenvalue weighted by Crippen LogP contribution is -1.77. The fraction of sp³-hybridized carbons (Fsp3) is 0. The summed E-state index contributed by atoms with van der Waals surface area (Å²) in [6, 6.07) is 0. The second-order valence-electron chi connectivity index (χ2n) is 1.72. The highest BCUT2D eigenvalue weighted by atomic mass is 32.1.